The molecule has 0 saturated carbocycles. The number of fused-ring (bicyclic) bond motifs is 1. The highest BCUT2D eigenvalue weighted by atomic mass is 31.2. The van der Waals surface area contributed by atoms with E-state index in [0.29, 0.717) is 6.79 Å². The Balaban J connectivity index is 2.67. The highest BCUT2D eigenvalue weighted by Gasteiger charge is 2.45. The zero-order chi connectivity index (χ0) is 16.9. The van der Waals surface area contributed by atoms with Gasteiger partial charge in [-0.05, 0) is 45.8 Å². The summed E-state index contributed by atoms with van der Waals surface area (Å²) in [6, 6.07) is 4.34. The average Bonchev–Trinajstić information content (AvgIpc) is 2.80. The Morgan fingerprint density at radius 3 is 2.00 bits per heavy atom. The van der Waals surface area contributed by atoms with E-state index in [2.05, 4.69) is 67.0 Å². The van der Waals surface area contributed by atoms with Gasteiger partial charge in [0.15, 0.2) is 11.5 Å². The molecule has 0 spiro atoms. The number of ether oxygens (including phenoxy) is 2. The van der Waals surface area contributed by atoms with Crippen molar-refractivity contribution < 1.29 is 9.47 Å². The third-order valence-corrected chi connectivity index (χ3v) is 12.2. The van der Waals surface area contributed by atoms with E-state index in [4.69, 9.17) is 17.0 Å². The summed E-state index contributed by atoms with van der Waals surface area (Å²) in [6.45, 7) is 18.5. The Morgan fingerprint density at radius 2 is 1.55 bits per heavy atom. The Labute approximate surface area is 138 Å². The van der Waals surface area contributed by atoms with E-state index < -0.39 is 7.14 Å². The van der Waals surface area contributed by atoms with Gasteiger partial charge in [0.2, 0.25) is 6.79 Å². The minimum absolute atomic E-state index is 0.0590. The predicted octanol–water partition coefficient (Wildman–Crippen LogP) is 4.11. The third-order valence-electron chi connectivity index (χ3n) is 4.73. The van der Waals surface area contributed by atoms with Crippen LogP contribution in [0.3, 0.4) is 0 Å². The molecule has 0 N–H and O–H groups in total. The number of benzene rings is 1. The van der Waals surface area contributed by atoms with Crippen molar-refractivity contribution in [2.45, 2.75) is 51.9 Å². The molecule has 2 radical (unpaired) electrons. The van der Waals surface area contributed by atoms with Crippen LogP contribution in [0.15, 0.2) is 12.1 Å². The van der Waals surface area contributed by atoms with Crippen LogP contribution in [0.1, 0.15) is 41.5 Å². The molecule has 0 aromatic heterocycles. The van der Waals surface area contributed by atoms with E-state index in [-0.39, 0.29) is 18.2 Å². The fraction of sp³-hybridized carbons (Fsp3) is 0.647. The fourth-order valence-corrected chi connectivity index (χ4v) is 6.45. The van der Waals surface area contributed by atoms with Crippen LogP contribution in [-0.2, 0) is 0 Å². The SMILES string of the molecule is [B][P+](C)(c1cc2c(cc1[P@](C)C(C)(C)C)OCO2)C(C)(C)C. The first-order valence-corrected chi connectivity index (χ1v) is 11.8. The molecule has 0 saturated heterocycles. The smallest absolute Gasteiger partial charge is 0.371 e. The molecule has 2 atom stereocenters. The third kappa shape index (κ3) is 3.18. The molecule has 0 aliphatic carbocycles. The highest BCUT2D eigenvalue weighted by Crippen LogP contribution is 2.62. The van der Waals surface area contributed by atoms with Crippen molar-refractivity contribution in [1.29, 1.82) is 0 Å². The van der Waals surface area contributed by atoms with E-state index in [9.17, 15) is 0 Å². The van der Waals surface area contributed by atoms with Crippen molar-refractivity contribution in [2.75, 3.05) is 20.1 Å². The molecule has 0 fully saturated rings. The van der Waals surface area contributed by atoms with Crippen LogP contribution in [0.4, 0.5) is 0 Å². The Kier molecular flexibility index (Phi) is 4.67. The van der Waals surface area contributed by atoms with E-state index in [1.54, 1.807) is 0 Å². The van der Waals surface area contributed by atoms with Gasteiger partial charge in [0, 0.05) is 18.0 Å². The number of hydrogen-bond donors (Lipinski definition) is 0. The van der Waals surface area contributed by atoms with Crippen molar-refractivity contribution >= 4 is 33.2 Å². The summed E-state index contributed by atoms with van der Waals surface area (Å²) in [5.74, 6) is 1.71. The molecule has 22 heavy (non-hydrogen) atoms. The van der Waals surface area contributed by atoms with Crippen molar-refractivity contribution in [3.05, 3.63) is 12.1 Å². The molecule has 1 aromatic rings. The molecule has 1 aromatic carbocycles. The molecule has 1 aliphatic rings. The zero-order valence-corrected chi connectivity index (χ0v) is 16.9. The lowest BCUT2D eigenvalue weighted by molar-refractivity contribution is 0.174. The van der Waals surface area contributed by atoms with Gasteiger partial charge in [-0.3, -0.25) is 0 Å². The lowest BCUT2D eigenvalue weighted by atomic mass is 10.2. The lowest BCUT2D eigenvalue weighted by Crippen LogP contribution is -2.37. The molecule has 5 heteroatoms. The van der Waals surface area contributed by atoms with Crippen LogP contribution < -0.4 is 20.1 Å². The molecule has 0 bridgehead atoms. The van der Waals surface area contributed by atoms with Gasteiger partial charge in [-0.2, -0.15) is 0 Å². The second kappa shape index (κ2) is 5.68. The largest absolute Gasteiger partial charge is 0.454 e. The Bertz CT molecular complexity index is 571. The Morgan fingerprint density at radius 1 is 1.05 bits per heavy atom. The van der Waals surface area contributed by atoms with E-state index in [1.807, 2.05) is 0 Å². The van der Waals surface area contributed by atoms with Gasteiger partial charge in [0.25, 0.3) is 0 Å². The van der Waals surface area contributed by atoms with Crippen LogP contribution in [-0.4, -0.2) is 38.0 Å². The first-order chi connectivity index (χ1) is 9.85. The normalized spacial score (nSPS) is 18.9. The van der Waals surface area contributed by atoms with Crippen LogP contribution in [0.2, 0.25) is 0 Å². The molecular formula is C17H28BO2P2+. The summed E-state index contributed by atoms with van der Waals surface area (Å²) < 4.78 is 11.2. The van der Waals surface area contributed by atoms with Crippen LogP contribution in [0.25, 0.3) is 0 Å². The van der Waals surface area contributed by atoms with Crippen molar-refractivity contribution in [1.82, 2.24) is 0 Å². The maximum absolute atomic E-state index is 6.92. The second-order valence-electron chi connectivity index (χ2n) is 8.17. The molecule has 1 heterocycles. The average molecular weight is 337 g/mol. The molecule has 120 valence electrons. The molecule has 1 unspecified atom stereocenters. The first-order valence-electron chi connectivity index (χ1n) is 7.69. The fourth-order valence-electron chi connectivity index (χ4n) is 2.28. The minimum Gasteiger partial charge on any atom is -0.454 e. The maximum atomic E-state index is 6.92. The summed E-state index contributed by atoms with van der Waals surface area (Å²) in [4.78, 5) is 0. The van der Waals surface area contributed by atoms with Gasteiger partial charge in [-0.15, -0.1) is 0 Å². The van der Waals surface area contributed by atoms with Gasteiger partial charge in [-0.1, -0.05) is 28.7 Å². The minimum atomic E-state index is -1.79. The summed E-state index contributed by atoms with van der Waals surface area (Å²) in [5.41, 5.74) is 0. The highest BCUT2D eigenvalue weighted by molar-refractivity contribution is 8.04. The lowest BCUT2D eigenvalue weighted by Gasteiger charge is -2.37. The van der Waals surface area contributed by atoms with Crippen LogP contribution >= 0.6 is 15.1 Å². The molecule has 0 amide bonds. The molecular weight excluding hydrogens is 309 g/mol. The Hall–Kier alpha value is -0.255. The van der Waals surface area contributed by atoms with Crippen LogP contribution in [0, 0.1) is 0 Å². The molecule has 2 nitrogen and oxygen atoms in total. The van der Waals surface area contributed by atoms with Gasteiger partial charge >= 0.3 is 7.57 Å². The quantitative estimate of drug-likeness (QED) is 0.597. The standard InChI is InChI=1S/C17H28BO2P2/c1-16(2,3)21(7)14-9-12-13(20-11-19-12)10-15(14)22(8,18)17(4,5)6/h9-10H,11H2,1-8H3/q+1/t21-,22?/m0/s1. The number of hydrogen-bond acceptors (Lipinski definition) is 2. The van der Waals surface area contributed by atoms with Gasteiger partial charge in [-0.25, -0.2) is 0 Å². The zero-order valence-electron chi connectivity index (χ0n) is 15.2. The predicted molar refractivity (Wildman–Crippen MR) is 103 cm³/mol. The van der Waals surface area contributed by atoms with Crippen molar-refractivity contribution in [3.8, 4) is 11.5 Å². The topological polar surface area (TPSA) is 18.5 Å². The number of rotatable bonds is 2. The van der Waals surface area contributed by atoms with Crippen molar-refractivity contribution in [3.63, 3.8) is 0 Å². The van der Waals surface area contributed by atoms with E-state index >= 15 is 0 Å². The maximum Gasteiger partial charge on any atom is 0.371 e. The molecule has 2 rings (SSSR count). The first kappa shape index (κ1) is 18.1. The monoisotopic (exact) mass is 337 g/mol. The summed E-state index contributed by atoms with van der Waals surface area (Å²) in [6.07, 6.45) is 0. The van der Waals surface area contributed by atoms with E-state index in [1.165, 1.54) is 10.6 Å². The molecule has 1 aliphatic heterocycles. The summed E-state index contributed by atoms with van der Waals surface area (Å²) in [5, 5.41) is 2.96. The van der Waals surface area contributed by atoms with Gasteiger partial charge < -0.3 is 9.47 Å². The summed E-state index contributed by atoms with van der Waals surface area (Å²) in [7, 11) is 4.78. The second-order valence-corrected chi connectivity index (χ2v) is 15.1. The summed E-state index contributed by atoms with van der Waals surface area (Å²) >= 11 is 0. The van der Waals surface area contributed by atoms with Crippen molar-refractivity contribution in [2.24, 2.45) is 0 Å². The van der Waals surface area contributed by atoms with E-state index in [0.717, 1.165) is 11.5 Å². The van der Waals surface area contributed by atoms with Crippen LogP contribution in [0.5, 0.6) is 11.5 Å². The van der Waals surface area contributed by atoms with Gasteiger partial charge in [0.05, 0.1) is 10.5 Å². The van der Waals surface area contributed by atoms with Gasteiger partial charge in [0.1, 0.15) is 0 Å².